The zero-order valence-corrected chi connectivity index (χ0v) is 18.8. The van der Waals surface area contributed by atoms with Crippen LogP contribution in [0.2, 0.25) is 0 Å². The smallest absolute Gasteiger partial charge is 0.366 e. The molecule has 5 rings (SSSR count). The Labute approximate surface area is 204 Å². The number of benzene rings is 4. The van der Waals surface area contributed by atoms with Crippen LogP contribution >= 0.6 is 0 Å². The molecule has 0 bridgehead atoms. The summed E-state index contributed by atoms with van der Waals surface area (Å²) in [6.07, 6.45) is -3.17. The van der Waals surface area contributed by atoms with Crippen molar-refractivity contribution >= 4 is 5.91 Å². The number of carbonyl (C=O) groups is 1. The van der Waals surface area contributed by atoms with Crippen LogP contribution in [-0.4, -0.2) is 20.9 Å². The fraction of sp³-hybridized carbons (Fsp3) is 0.0357. The van der Waals surface area contributed by atoms with Crippen molar-refractivity contribution in [3.63, 3.8) is 0 Å². The molecule has 0 aliphatic carbocycles. The zero-order valence-electron chi connectivity index (χ0n) is 18.8. The highest BCUT2D eigenvalue weighted by atomic mass is 19.4. The SMILES string of the molecule is NC(=O)c1cccc(-c2c(-c3ccccc3)cccc2-n2cc(-c3ccccc3)nn2)c1C(F)(F)F. The van der Waals surface area contributed by atoms with Gasteiger partial charge < -0.3 is 5.73 Å². The van der Waals surface area contributed by atoms with Crippen molar-refractivity contribution in [2.45, 2.75) is 6.18 Å². The van der Waals surface area contributed by atoms with Gasteiger partial charge in [-0.05, 0) is 28.8 Å². The predicted molar refractivity (Wildman–Crippen MR) is 131 cm³/mol. The van der Waals surface area contributed by atoms with Gasteiger partial charge in [0.15, 0.2) is 0 Å². The second kappa shape index (κ2) is 9.14. The van der Waals surface area contributed by atoms with Gasteiger partial charge in [0.2, 0.25) is 5.91 Å². The van der Waals surface area contributed by atoms with E-state index >= 15 is 0 Å². The number of hydrogen-bond acceptors (Lipinski definition) is 3. The molecule has 0 spiro atoms. The topological polar surface area (TPSA) is 73.8 Å². The first-order chi connectivity index (χ1) is 17.3. The third kappa shape index (κ3) is 4.24. The molecule has 0 fully saturated rings. The molecule has 0 atom stereocenters. The summed E-state index contributed by atoms with van der Waals surface area (Å²) in [6, 6.07) is 27.4. The Morgan fingerprint density at radius 2 is 1.36 bits per heavy atom. The molecule has 0 aliphatic rings. The van der Waals surface area contributed by atoms with E-state index in [1.54, 1.807) is 36.5 Å². The molecule has 0 saturated carbocycles. The van der Waals surface area contributed by atoms with E-state index in [0.29, 0.717) is 22.5 Å². The Balaban J connectivity index is 1.83. The third-order valence-corrected chi connectivity index (χ3v) is 5.82. The van der Waals surface area contributed by atoms with Gasteiger partial charge >= 0.3 is 6.18 Å². The van der Waals surface area contributed by atoms with E-state index in [9.17, 15) is 18.0 Å². The van der Waals surface area contributed by atoms with Gasteiger partial charge in [-0.25, -0.2) is 4.68 Å². The van der Waals surface area contributed by atoms with E-state index in [0.717, 1.165) is 11.6 Å². The minimum Gasteiger partial charge on any atom is -0.366 e. The number of nitrogens with two attached hydrogens (primary N) is 1. The summed E-state index contributed by atoms with van der Waals surface area (Å²) < 4.78 is 44.7. The van der Waals surface area contributed by atoms with Gasteiger partial charge in [-0.15, -0.1) is 5.10 Å². The molecule has 1 heterocycles. The minimum atomic E-state index is -4.83. The lowest BCUT2D eigenvalue weighted by atomic mass is 9.88. The molecule has 8 heteroatoms. The van der Waals surface area contributed by atoms with Crippen molar-refractivity contribution in [2.75, 3.05) is 0 Å². The quantitative estimate of drug-likeness (QED) is 0.314. The van der Waals surface area contributed by atoms with Gasteiger partial charge in [-0.1, -0.05) is 90.1 Å². The van der Waals surface area contributed by atoms with Crippen molar-refractivity contribution in [1.29, 1.82) is 0 Å². The standard InChI is InChI=1S/C28H19F3N4O/c29-28(30,31)26-21(14-7-15-22(26)27(32)36)25-20(18-9-3-1-4-10-18)13-8-16-24(25)35-17-23(33-34-35)19-11-5-2-6-12-19/h1-17H,(H2,32,36). The molecule has 0 radical (unpaired) electrons. The van der Waals surface area contributed by atoms with Crippen LogP contribution in [0.1, 0.15) is 15.9 Å². The first-order valence-electron chi connectivity index (χ1n) is 11.0. The first kappa shape index (κ1) is 23.0. The van der Waals surface area contributed by atoms with Crippen LogP contribution in [0.25, 0.3) is 39.2 Å². The lowest BCUT2D eigenvalue weighted by Crippen LogP contribution is -2.20. The Bertz CT molecular complexity index is 1540. The number of aromatic nitrogens is 3. The van der Waals surface area contributed by atoms with Crippen LogP contribution in [0.4, 0.5) is 13.2 Å². The van der Waals surface area contributed by atoms with E-state index in [1.165, 1.54) is 16.8 Å². The largest absolute Gasteiger partial charge is 0.417 e. The number of halogens is 3. The van der Waals surface area contributed by atoms with E-state index in [-0.39, 0.29) is 11.1 Å². The summed E-state index contributed by atoms with van der Waals surface area (Å²) >= 11 is 0. The number of carbonyl (C=O) groups excluding carboxylic acids is 1. The minimum absolute atomic E-state index is 0.176. The van der Waals surface area contributed by atoms with E-state index in [1.807, 2.05) is 48.5 Å². The molecule has 5 nitrogen and oxygen atoms in total. The van der Waals surface area contributed by atoms with Crippen molar-refractivity contribution < 1.29 is 18.0 Å². The Kier molecular flexibility index (Phi) is 5.85. The number of primary amides is 1. The Morgan fingerprint density at radius 3 is 2.00 bits per heavy atom. The summed E-state index contributed by atoms with van der Waals surface area (Å²) in [7, 11) is 0. The van der Waals surface area contributed by atoms with Crippen LogP contribution in [-0.2, 0) is 6.18 Å². The summed E-state index contributed by atoms with van der Waals surface area (Å²) in [6.45, 7) is 0. The van der Waals surface area contributed by atoms with Crippen LogP contribution in [0.5, 0.6) is 0 Å². The summed E-state index contributed by atoms with van der Waals surface area (Å²) in [4.78, 5) is 12.0. The maximum atomic E-state index is 14.4. The van der Waals surface area contributed by atoms with Gasteiger partial charge in [0, 0.05) is 11.1 Å². The van der Waals surface area contributed by atoms with E-state index in [4.69, 9.17) is 5.73 Å². The van der Waals surface area contributed by atoms with Crippen LogP contribution in [0.15, 0.2) is 103 Å². The monoisotopic (exact) mass is 484 g/mol. The number of amides is 1. The van der Waals surface area contributed by atoms with Gasteiger partial charge in [-0.3, -0.25) is 4.79 Å². The molecule has 1 amide bonds. The number of hydrogen-bond donors (Lipinski definition) is 1. The third-order valence-electron chi connectivity index (χ3n) is 5.82. The molecular formula is C28H19F3N4O. The molecule has 178 valence electrons. The molecule has 0 unspecified atom stereocenters. The number of rotatable bonds is 5. The highest BCUT2D eigenvalue weighted by Gasteiger charge is 2.38. The van der Waals surface area contributed by atoms with Crippen molar-refractivity contribution in [3.05, 3.63) is 114 Å². The second-order valence-corrected chi connectivity index (χ2v) is 8.07. The molecule has 2 N–H and O–H groups in total. The van der Waals surface area contributed by atoms with Gasteiger partial charge in [0.1, 0.15) is 5.69 Å². The highest BCUT2D eigenvalue weighted by Crippen LogP contribution is 2.44. The van der Waals surface area contributed by atoms with Crippen molar-refractivity contribution in [1.82, 2.24) is 15.0 Å². The average molecular weight is 484 g/mol. The average Bonchev–Trinajstić information content (AvgIpc) is 3.38. The van der Waals surface area contributed by atoms with Crippen molar-refractivity contribution in [2.24, 2.45) is 5.73 Å². The molecule has 1 aromatic heterocycles. The first-order valence-corrected chi connectivity index (χ1v) is 11.0. The fourth-order valence-corrected chi connectivity index (χ4v) is 4.27. The Morgan fingerprint density at radius 1 is 0.750 bits per heavy atom. The van der Waals surface area contributed by atoms with Crippen molar-refractivity contribution in [3.8, 4) is 39.2 Å². The van der Waals surface area contributed by atoms with E-state index in [2.05, 4.69) is 10.3 Å². The molecule has 0 saturated heterocycles. The lowest BCUT2D eigenvalue weighted by Gasteiger charge is -2.21. The molecular weight excluding hydrogens is 465 g/mol. The molecule has 4 aromatic carbocycles. The van der Waals surface area contributed by atoms with Crippen LogP contribution in [0.3, 0.4) is 0 Å². The maximum Gasteiger partial charge on any atom is 0.417 e. The van der Waals surface area contributed by atoms with Crippen LogP contribution in [0, 0.1) is 0 Å². The molecule has 36 heavy (non-hydrogen) atoms. The Hall–Kier alpha value is -4.72. The van der Waals surface area contributed by atoms with Gasteiger partial charge in [0.25, 0.3) is 0 Å². The predicted octanol–water partition coefficient (Wildman–Crippen LogP) is 6.39. The van der Waals surface area contributed by atoms with Crippen LogP contribution < -0.4 is 5.73 Å². The number of alkyl halides is 3. The lowest BCUT2D eigenvalue weighted by molar-refractivity contribution is -0.137. The fourth-order valence-electron chi connectivity index (χ4n) is 4.27. The highest BCUT2D eigenvalue weighted by molar-refractivity contribution is 5.99. The maximum absolute atomic E-state index is 14.4. The summed E-state index contributed by atoms with van der Waals surface area (Å²) in [5.41, 5.74) is 6.74. The summed E-state index contributed by atoms with van der Waals surface area (Å²) in [5.74, 6) is -1.16. The number of nitrogens with zero attached hydrogens (tertiary/aromatic N) is 3. The molecule has 0 aliphatic heterocycles. The van der Waals surface area contributed by atoms with Gasteiger partial charge in [-0.2, -0.15) is 13.2 Å². The summed E-state index contributed by atoms with van der Waals surface area (Å²) in [5, 5.41) is 8.46. The molecule has 5 aromatic rings. The van der Waals surface area contributed by atoms with E-state index < -0.39 is 23.2 Å². The second-order valence-electron chi connectivity index (χ2n) is 8.07. The normalized spacial score (nSPS) is 11.4. The van der Waals surface area contributed by atoms with Gasteiger partial charge in [0.05, 0.1) is 23.0 Å². The zero-order chi connectivity index (χ0) is 25.3.